The van der Waals surface area contributed by atoms with Gasteiger partial charge in [0.25, 0.3) is 0 Å². The minimum atomic E-state index is -1.58. The van der Waals surface area contributed by atoms with Crippen LogP contribution in [0.25, 0.3) is 5.69 Å². The normalized spacial score (nSPS) is 38.5. The summed E-state index contributed by atoms with van der Waals surface area (Å²) < 4.78 is 19.5. The van der Waals surface area contributed by atoms with E-state index < -0.39 is 34.0 Å². The molecule has 2 aromatic rings. The molecule has 2 bridgehead atoms. The fourth-order valence-electron chi connectivity index (χ4n) is 4.33. The van der Waals surface area contributed by atoms with E-state index in [1.165, 1.54) is 9.36 Å². The van der Waals surface area contributed by atoms with Crippen LogP contribution in [0, 0.1) is 5.92 Å². The third kappa shape index (κ3) is 1.46. The molecule has 1 aromatic carbocycles. The van der Waals surface area contributed by atoms with Crippen LogP contribution >= 0.6 is 31.9 Å². The highest BCUT2D eigenvalue weighted by molar-refractivity contribution is 9.12. The predicted molar refractivity (Wildman–Crippen MR) is 94.3 cm³/mol. The largest absolute Gasteiger partial charge is 0.352 e. The number of aromatic nitrogens is 3. The molecule has 0 amide bonds. The number of alkyl halides is 3. The summed E-state index contributed by atoms with van der Waals surface area (Å²) in [6.45, 7) is 0. The highest BCUT2D eigenvalue weighted by Gasteiger charge is 2.72. The van der Waals surface area contributed by atoms with Gasteiger partial charge in [0, 0.05) is 10.7 Å². The molecule has 0 unspecified atom stereocenters. The lowest BCUT2D eigenvalue weighted by Crippen LogP contribution is -2.73. The maximum Gasteiger partial charge on any atom is 0.352 e. The van der Waals surface area contributed by atoms with E-state index in [-0.39, 0.29) is 10.7 Å². The summed E-state index contributed by atoms with van der Waals surface area (Å²) in [4.78, 5) is 25.3. The van der Waals surface area contributed by atoms with E-state index in [0.717, 1.165) is 4.57 Å². The van der Waals surface area contributed by atoms with E-state index in [1.807, 2.05) is 12.1 Å². The van der Waals surface area contributed by atoms with Crippen molar-refractivity contribution in [2.75, 3.05) is 0 Å². The molecule has 4 aliphatic rings. The second-order valence-corrected chi connectivity index (χ2v) is 8.49. The first-order valence-electron chi connectivity index (χ1n) is 7.64. The van der Waals surface area contributed by atoms with Crippen molar-refractivity contribution in [3.05, 3.63) is 63.5 Å². The standard InChI is InChI=1S/C16H12Br2FN3O2/c17-12-11-9-6-7-10(16(11,19)13(12)18)22-15(24)20(14(23)21(9)22)8-4-2-1-3-5-8/h1-7,9-13H/t9-,10-,11-,12+,13+,16+/m0/s1. The van der Waals surface area contributed by atoms with Gasteiger partial charge < -0.3 is 0 Å². The lowest BCUT2D eigenvalue weighted by molar-refractivity contribution is -0.0929. The van der Waals surface area contributed by atoms with Crippen LogP contribution in [0.3, 0.4) is 0 Å². The van der Waals surface area contributed by atoms with E-state index in [2.05, 4.69) is 31.9 Å². The van der Waals surface area contributed by atoms with Gasteiger partial charge in [0.05, 0.1) is 16.6 Å². The molecule has 1 aromatic heterocycles. The quantitative estimate of drug-likeness (QED) is 0.488. The fraction of sp³-hybridized carbons (Fsp3) is 0.375. The Bertz CT molecular complexity index is 995. The van der Waals surface area contributed by atoms with Crippen molar-refractivity contribution in [1.29, 1.82) is 0 Å². The van der Waals surface area contributed by atoms with E-state index in [0.29, 0.717) is 5.69 Å². The Balaban J connectivity index is 1.81. The van der Waals surface area contributed by atoms with Crippen molar-refractivity contribution in [2.45, 2.75) is 27.4 Å². The number of para-hydroxylation sites is 1. The number of hydrogen-bond acceptors (Lipinski definition) is 2. The molecule has 6 atom stereocenters. The predicted octanol–water partition coefficient (Wildman–Crippen LogP) is 2.33. The van der Waals surface area contributed by atoms with Gasteiger partial charge in [0.2, 0.25) is 0 Å². The minimum absolute atomic E-state index is 0.0872. The number of halogens is 3. The van der Waals surface area contributed by atoms with Crippen LogP contribution in [-0.2, 0) is 0 Å². The first kappa shape index (κ1) is 14.9. The molecule has 0 radical (unpaired) electrons. The maximum absolute atomic E-state index is 15.7. The van der Waals surface area contributed by atoms with Crippen LogP contribution in [0.15, 0.2) is 52.1 Å². The van der Waals surface area contributed by atoms with Crippen molar-refractivity contribution in [3.63, 3.8) is 0 Å². The van der Waals surface area contributed by atoms with E-state index in [4.69, 9.17) is 0 Å². The molecule has 3 heterocycles. The number of nitrogens with zero attached hydrogens (tertiary/aromatic N) is 3. The number of rotatable bonds is 1. The zero-order chi connectivity index (χ0) is 16.8. The van der Waals surface area contributed by atoms with Crippen LogP contribution < -0.4 is 11.4 Å². The molecule has 1 fully saturated rings. The molecule has 0 N–H and O–H groups in total. The monoisotopic (exact) mass is 455 g/mol. The molecule has 1 saturated carbocycles. The number of benzene rings is 1. The van der Waals surface area contributed by atoms with Gasteiger partial charge in [-0.1, -0.05) is 62.2 Å². The van der Waals surface area contributed by atoms with Gasteiger partial charge in [0.1, 0.15) is 6.04 Å². The van der Waals surface area contributed by atoms with Gasteiger partial charge in [-0.05, 0) is 12.1 Å². The Labute approximate surface area is 152 Å². The van der Waals surface area contributed by atoms with E-state index in [9.17, 15) is 9.59 Å². The molecule has 6 rings (SSSR count). The van der Waals surface area contributed by atoms with Crippen molar-refractivity contribution >= 4 is 31.9 Å². The minimum Gasteiger partial charge on any atom is -0.245 e. The Hall–Kier alpha value is -1.41. The van der Waals surface area contributed by atoms with Crippen LogP contribution in [-0.4, -0.2) is 29.3 Å². The second-order valence-electron chi connectivity index (χ2n) is 6.44. The average molecular weight is 457 g/mol. The molecule has 0 saturated heterocycles. The second kappa shape index (κ2) is 4.60. The average Bonchev–Trinajstić information content (AvgIpc) is 2.88. The summed E-state index contributed by atoms with van der Waals surface area (Å²) >= 11 is 6.93. The summed E-state index contributed by atoms with van der Waals surface area (Å²) in [5.41, 5.74) is -2.01. The Morgan fingerprint density at radius 2 is 1.67 bits per heavy atom. The summed E-state index contributed by atoms with van der Waals surface area (Å²) in [5, 5.41) is 0. The summed E-state index contributed by atoms with van der Waals surface area (Å²) in [7, 11) is 0. The van der Waals surface area contributed by atoms with Crippen LogP contribution in [0.5, 0.6) is 0 Å². The molecular formula is C16H12Br2FN3O2. The summed E-state index contributed by atoms with van der Waals surface area (Å²) in [6.07, 6.45) is 3.56. The summed E-state index contributed by atoms with van der Waals surface area (Å²) in [6, 6.07) is 7.49. The molecule has 24 heavy (non-hydrogen) atoms. The van der Waals surface area contributed by atoms with Crippen molar-refractivity contribution in [2.24, 2.45) is 5.92 Å². The molecule has 5 nitrogen and oxygen atoms in total. The van der Waals surface area contributed by atoms with Gasteiger partial charge in [-0.3, -0.25) is 0 Å². The van der Waals surface area contributed by atoms with Crippen LogP contribution in [0.1, 0.15) is 12.1 Å². The lowest BCUT2D eigenvalue weighted by atomic mass is 9.59. The SMILES string of the molecule is O=c1n(-c2ccccc2)c(=O)n2n1[C@H]1C=C[C@H]2[C@H]2[C@@H](Br)[C@@H](Br)[C@]21F. The highest BCUT2D eigenvalue weighted by atomic mass is 79.9. The van der Waals surface area contributed by atoms with Gasteiger partial charge in [-0.25, -0.2) is 27.9 Å². The van der Waals surface area contributed by atoms with Gasteiger partial charge in [-0.2, -0.15) is 0 Å². The van der Waals surface area contributed by atoms with Crippen molar-refractivity contribution in [1.82, 2.24) is 13.9 Å². The molecule has 124 valence electrons. The lowest BCUT2D eigenvalue weighted by Gasteiger charge is -2.61. The van der Waals surface area contributed by atoms with Crippen LogP contribution in [0.4, 0.5) is 4.39 Å². The van der Waals surface area contributed by atoms with Gasteiger partial charge >= 0.3 is 11.4 Å². The van der Waals surface area contributed by atoms with E-state index >= 15 is 4.39 Å². The first-order chi connectivity index (χ1) is 11.5. The number of allylic oxidation sites excluding steroid dienone is 2. The van der Waals surface area contributed by atoms with Crippen LogP contribution in [0.2, 0.25) is 0 Å². The third-order valence-electron chi connectivity index (χ3n) is 5.44. The maximum atomic E-state index is 15.7. The smallest absolute Gasteiger partial charge is 0.245 e. The van der Waals surface area contributed by atoms with Gasteiger partial charge in [-0.15, -0.1) is 0 Å². The fourth-order valence-corrected chi connectivity index (χ4v) is 6.36. The van der Waals surface area contributed by atoms with E-state index in [1.54, 1.807) is 30.3 Å². The number of hydrogen-bond donors (Lipinski definition) is 0. The Morgan fingerprint density at radius 3 is 2.38 bits per heavy atom. The van der Waals surface area contributed by atoms with Crippen molar-refractivity contribution < 1.29 is 4.39 Å². The molecule has 2 aliphatic heterocycles. The highest BCUT2D eigenvalue weighted by Crippen LogP contribution is 2.64. The van der Waals surface area contributed by atoms with Gasteiger partial charge in [0.15, 0.2) is 5.67 Å². The third-order valence-corrected chi connectivity index (χ3v) is 8.51. The first-order valence-corrected chi connectivity index (χ1v) is 9.48. The summed E-state index contributed by atoms with van der Waals surface area (Å²) in [5.74, 6) is -0.374. The molecule has 0 spiro atoms. The van der Waals surface area contributed by atoms with Crippen molar-refractivity contribution in [3.8, 4) is 5.69 Å². The Kier molecular flexibility index (Phi) is 2.86. The zero-order valence-corrected chi connectivity index (χ0v) is 15.4. The Morgan fingerprint density at radius 1 is 1.00 bits per heavy atom. The molecule has 2 aliphatic carbocycles. The molecule has 8 heteroatoms. The molecular weight excluding hydrogens is 445 g/mol. The zero-order valence-electron chi connectivity index (χ0n) is 12.2. The topological polar surface area (TPSA) is 48.9 Å².